The fraction of sp³-hybridized carbons (Fsp3) is 0.294. The van der Waals surface area contributed by atoms with E-state index >= 15 is 0 Å². The molecule has 1 aliphatic rings. The van der Waals surface area contributed by atoms with Gasteiger partial charge in [0, 0.05) is 22.9 Å². The third-order valence-electron chi connectivity index (χ3n) is 4.17. The summed E-state index contributed by atoms with van der Waals surface area (Å²) >= 11 is 6.02. The molecule has 0 fully saturated rings. The molecule has 0 radical (unpaired) electrons. The lowest BCUT2D eigenvalue weighted by atomic mass is 10.0. The van der Waals surface area contributed by atoms with E-state index in [0.717, 1.165) is 24.3 Å². The molecule has 0 aliphatic carbocycles. The van der Waals surface area contributed by atoms with Crippen molar-refractivity contribution >= 4 is 32.8 Å². The molecule has 1 N–H and O–H groups in total. The summed E-state index contributed by atoms with van der Waals surface area (Å²) in [6.07, 6.45) is 2.49. The second kappa shape index (κ2) is 7.13. The number of halogens is 1. The van der Waals surface area contributed by atoms with Crippen LogP contribution in [0.1, 0.15) is 24.4 Å². The zero-order chi connectivity index (χ0) is 18.9. The van der Waals surface area contributed by atoms with E-state index in [1.54, 1.807) is 12.1 Å². The molecule has 1 aliphatic heterocycles. The molecule has 3 rings (SSSR count). The van der Waals surface area contributed by atoms with Gasteiger partial charge in [-0.3, -0.25) is 10.1 Å². The maximum Gasteiger partial charge on any atom is 0.293 e. The standard InChI is InChI=1S/C17H17ClN2O5S/c1-26(23,24)12-5-7-15(16(10-12)20(21)22)19-14-3-2-8-25-17-9-11(18)4-6-13(14)17/h4-7,9-10,14,19H,2-3,8H2,1H3. The Morgan fingerprint density at radius 3 is 2.73 bits per heavy atom. The number of hydrogen-bond acceptors (Lipinski definition) is 6. The second-order valence-electron chi connectivity index (χ2n) is 6.08. The van der Waals surface area contributed by atoms with Gasteiger partial charge in [-0.15, -0.1) is 0 Å². The highest BCUT2D eigenvalue weighted by atomic mass is 35.5. The monoisotopic (exact) mass is 396 g/mol. The number of sulfone groups is 1. The number of hydrogen-bond donors (Lipinski definition) is 1. The highest BCUT2D eigenvalue weighted by Gasteiger charge is 2.24. The van der Waals surface area contributed by atoms with Crippen molar-refractivity contribution in [3.8, 4) is 5.75 Å². The predicted molar refractivity (Wildman–Crippen MR) is 98.8 cm³/mol. The summed E-state index contributed by atoms with van der Waals surface area (Å²) in [5.41, 5.74) is 0.831. The number of rotatable bonds is 4. The van der Waals surface area contributed by atoms with E-state index in [2.05, 4.69) is 5.32 Å². The third kappa shape index (κ3) is 3.91. The molecule has 0 bridgehead atoms. The minimum atomic E-state index is -3.53. The first-order valence-electron chi connectivity index (χ1n) is 7.93. The minimum absolute atomic E-state index is 0.0915. The van der Waals surface area contributed by atoms with Gasteiger partial charge < -0.3 is 10.1 Å². The number of nitrogens with zero attached hydrogens (tertiary/aromatic N) is 1. The average molecular weight is 397 g/mol. The van der Waals surface area contributed by atoms with Crippen LogP contribution in [0.3, 0.4) is 0 Å². The Kier molecular flexibility index (Phi) is 5.06. The van der Waals surface area contributed by atoms with Crippen LogP contribution in [-0.2, 0) is 9.84 Å². The number of ether oxygens (including phenoxy) is 1. The van der Waals surface area contributed by atoms with Crippen LogP contribution in [0.15, 0.2) is 41.3 Å². The lowest BCUT2D eigenvalue weighted by Crippen LogP contribution is -2.12. The van der Waals surface area contributed by atoms with Crippen LogP contribution in [0.2, 0.25) is 5.02 Å². The van der Waals surface area contributed by atoms with E-state index in [1.165, 1.54) is 12.1 Å². The summed E-state index contributed by atoms with van der Waals surface area (Å²) in [7, 11) is -3.53. The second-order valence-corrected chi connectivity index (χ2v) is 8.53. The molecule has 0 amide bonds. The Balaban J connectivity index is 2.00. The van der Waals surface area contributed by atoms with Crippen molar-refractivity contribution in [2.75, 3.05) is 18.2 Å². The fourth-order valence-electron chi connectivity index (χ4n) is 2.90. The number of fused-ring (bicyclic) bond motifs is 1. The molecule has 0 saturated heterocycles. The molecule has 1 atom stereocenters. The summed E-state index contributed by atoms with van der Waals surface area (Å²) in [6.45, 7) is 0.528. The quantitative estimate of drug-likeness (QED) is 0.620. The van der Waals surface area contributed by atoms with Crippen LogP contribution in [0, 0.1) is 10.1 Å². The Morgan fingerprint density at radius 2 is 2.04 bits per heavy atom. The lowest BCUT2D eigenvalue weighted by Gasteiger charge is -2.20. The number of anilines is 1. The zero-order valence-electron chi connectivity index (χ0n) is 13.9. The Labute approximate surface area is 156 Å². The van der Waals surface area contributed by atoms with Gasteiger partial charge in [-0.25, -0.2) is 8.42 Å². The highest BCUT2D eigenvalue weighted by molar-refractivity contribution is 7.90. The fourth-order valence-corrected chi connectivity index (χ4v) is 3.70. The molecule has 7 nitrogen and oxygen atoms in total. The van der Waals surface area contributed by atoms with Crippen molar-refractivity contribution in [1.82, 2.24) is 0 Å². The molecule has 9 heteroatoms. The van der Waals surface area contributed by atoms with Gasteiger partial charge in [-0.2, -0.15) is 0 Å². The van der Waals surface area contributed by atoms with Gasteiger partial charge in [0.15, 0.2) is 9.84 Å². The normalized spacial score (nSPS) is 16.9. The van der Waals surface area contributed by atoms with Gasteiger partial charge in [0.1, 0.15) is 11.4 Å². The van der Waals surface area contributed by atoms with Crippen LogP contribution in [0.4, 0.5) is 11.4 Å². The molecular weight excluding hydrogens is 380 g/mol. The van der Waals surface area contributed by atoms with Crippen molar-refractivity contribution in [1.29, 1.82) is 0 Å². The van der Waals surface area contributed by atoms with Crippen molar-refractivity contribution in [2.45, 2.75) is 23.8 Å². The highest BCUT2D eigenvalue weighted by Crippen LogP contribution is 2.38. The van der Waals surface area contributed by atoms with Gasteiger partial charge in [0.2, 0.25) is 0 Å². The molecule has 1 unspecified atom stereocenters. The van der Waals surface area contributed by atoms with Crippen LogP contribution < -0.4 is 10.1 Å². The van der Waals surface area contributed by atoms with Crippen molar-refractivity contribution in [2.24, 2.45) is 0 Å². The third-order valence-corrected chi connectivity index (χ3v) is 5.51. The van der Waals surface area contributed by atoms with Crippen molar-refractivity contribution in [3.63, 3.8) is 0 Å². The van der Waals surface area contributed by atoms with Gasteiger partial charge in [0.25, 0.3) is 5.69 Å². The first-order valence-corrected chi connectivity index (χ1v) is 10.2. The molecule has 1 heterocycles. The molecule has 138 valence electrons. The van der Waals surface area contributed by atoms with Crippen LogP contribution in [0.5, 0.6) is 5.75 Å². The Morgan fingerprint density at radius 1 is 1.27 bits per heavy atom. The van der Waals surface area contributed by atoms with Gasteiger partial charge in [0.05, 0.1) is 22.5 Å². The summed E-state index contributed by atoms with van der Waals surface area (Å²) < 4.78 is 29.1. The molecule has 0 spiro atoms. The molecular formula is C17H17ClN2O5S. The first-order chi connectivity index (χ1) is 12.3. The van der Waals surface area contributed by atoms with Crippen LogP contribution >= 0.6 is 11.6 Å². The van der Waals surface area contributed by atoms with E-state index < -0.39 is 14.8 Å². The molecule has 26 heavy (non-hydrogen) atoms. The SMILES string of the molecule is CS(=O)(=O)c1ccc(NC2CCCOc3cc(Cl)ccc32)c([N+](=O)[O-])c1. The largest absolute Gasteiger partial charge is 0.493 e. The Bertz CT molecular complexity index is 962. The van der Waals surface area contributed by atoms with Crippen molar-refractivity contribution < 1.29 is 18.1 Å². The molecule has 2 aromatic rings. The summed E-state index contributed by atoms with van der Waals surface area (Å²) in [6, 6.07) is 8.94. The number of benzene rings is 2. The predicted octanol–water partition coefficient (Wildman–Crippen LogP) is 3.98. The number of nitro groups is 1. The lowest BCUT2D eigenvalue weighted by molar-refractivity contribution is -0.384. The van der Waals surface area contributed by atoms with Gasteiger partial charge >= 0.3 is 0 Å². The minimum Gasteiger partial charge on any atom is -0.493 e. The maximum absolute atomic E-state index is 11.7. The van der Waals surface area contributed by atoms with E-state index in [0.29, 0.717) is 23.8 Å². The zero-order valence-corrected chi connectivity index (χ0v) is 15.5. The van der Waals surface area contributed by atoms with Crippen LogP contribution in [0.25, 0.3) is 0 Å². The maximum atomic E-state index is 11.7. The topological polar surface area (TPSA) is 98.5 Å². The smallest absolute Gasteiger partial charge is 0.293 e. The average Bonchev–Trinajstić information content (AvgIpc) is 2.76. The number of nitro benzene ring substituents is 1. The van der Waals surface area contributed by atoms with Gasteiger partial charge in [-0.1, -0.05) is 17.7 Å². The summed E-state index contributed by atoms with van der Waals surface area (Å²) in [5.74, 6) is 0.642. The Hall–Kier alpha value is -2.32. The van der Waals surface area contributed by atoms with Gasteiger partial charge in [-0.05, 0) is 37.1 Å². The molecule has 2 aromatic carbocycles. The first kappa shape index (κ1) is 18.5. The summed E-state index contributed by atoms with van der Waals surface area (Å²) in [4.78, 5) is 10.7. The number of nitrogens with one attached hydrogen (secondary N) is 1. The summed E-state index contributed by atoms with van der Waals surface area (Å²) in [5, 5.41) is 15.1. The van der Waals surface area contributed by atoms with E-state index in [1.807, 2.05) is 6.07 Å². The van der Waals surface area contributed by atoms with E-state index in [9.17, 15) is 18.5 Å². The van der Waals surface area contributed by atoms with Crippen LogP contribution in [-0.4, -0.2) is 26.2 Å². The molecule has 0 saturated carbocycles. The molecule has 0 aromatic heterocycles. The van der Waals surface area contributed by atoms with Crippen molar-refractivity contribution in [3.05, 3.63) is 57.1 Å². The van der Waals surface area contributed by atoms with E-state index in [-0.39, 0.29) is 22.3 Å². The van der Waals surface area contributed by atoms with E-state index in [4.69, 9.17) is 16.3 Å².